The highest BCUT2D eigenvalue weighted by Crippen LogP contribution is 2.10. The number of anilines is 1. The van der Waals surface area contributed by atoms with Gasteiger partial charge in [-0.3, -0.25) is 0 Å². The molecule has 0 bridgehead atoms. The third-order valence-electron chi connectivity index (χ3n) is 1.55. The van der Waals surface area contributed by atoms with Gasteiger partial charge in [0.05, 0.1) is 0 Å². The second-order valence-corrected chi connectivity index (χ2v) is 2.73. The molecule has 0 atom stereocenters. The Bertz CT molecular complexity index is 199. The van der Waals surface area contributed by atoms with E-state index in [0.29, 0.717) is 0 Å². The second-order valence-electron chi connectivity index (χ2n) is 2.73. The van der Waals surface area contributed by atoms with Crippen LogP contribution in [-0.4, -0.2) is 14.1 Å². The van der Waals surface area contributed by atoms with E-state index in [4.69, 9.17) is 0 Å². The average Bonchev–Trinajstić information content (AvgIpc) is 1.88. The predicted octanol–water partition coefficient (Wildman–Crippen LogP) is 3.33. The van der Waals surface area contributed by atoms with E-state index in [2.05, 4.69) is 36.1 Å². The quantitative estimate of drug-likeness (QED) is 0.620. The fourth-order valence-corrected chi connectivity index (χ4v) is 0.843. The van der Waals surface area contributed by atoms with Crippen LogP contribution in [-0.2, 0) is 0 Å². The first-order valence-corrected chi connectivity index (χ1v) is 3.44. The van der Waals surface area contributed by atoms with Crippen molar-refractivity contribution in [2.45, 2.75) is 21.8 Å². The van der Waals surface area contributed by atoms with Crippen LogP contribution < -0.4 is 4.90 Å². The van der Waals surface area contributed by atoms with Gasteiger partial charge in [0, 0.05) is 19.8 Å². The largest absolute Gasteiger partial charge is 0.378 e. The average molecular weight is 167 g/mol. The van der Waals surface area contributed by atoms with Gasteiger partial charge in [-0.05, 0) is 19.1 Å². The van der Waals surface area contributed by atoms with Crippen molar-refractivity contribution in [2.75, 3.05) is 19.0 Å². The van der Waals surface area contributed by atoms with E-state index in [1.54, 1.807) is 0 Å². The third-order valence-corrected chi connectivity index (χ3v) is 1.55. The minimum Gasteiger partial charge on any atom is -0.378 e. The molecule has 0 heterocycles. The van der Waals surface area contributed by atoms with E-state index >= 15 is 0 Å². The molecular formula is C11H21N. The van der Waals surface area contributed by atoms with Gasteiger partial charge >= 0.3 is 0 Å². The molecule has 0 saturated heterocycles. The molecule has 0 amide bonds. The number of aryl methyl sites for hydroxylation is 1. The van der Waals surface area contributed by atoms with E-state index < -0.39 is 0 Å². The van der Waals surface area contributed by atoms with Gasteiger partial charge in [0.15, 0.2) is 0 Å². The normalized spacial score (nSPS) is 7.92. The van der Waals surface area contributed by atoms with Gasteiger partial charge in [-0.25, -0.2) is 0 Å². The summed E-state index contributed by atoms with van der Waals surface area (Å²) in [5.74, 6) is 0. The van der Waals surface area contributed by atoms with E-state index in [9.17, 15) is 0 Å². The van der Waals surface area contributed by atoms with Crippen molar-refractivity contribution in [3.05, 3.63) is 29.8 Å². The molecule has 70 valence electrons. The first kappa shape index (κ1) is 13.6. The molecule has 1 rings (SSSR count). The van der Waals surface area contributed by atoms with Crippen molar-refractivity contribution in [3.63, 3.8) is 0 Å². The number of rotatable bonds is 1. The van der Waals surface area contributed by atoms with Crippen molar-refractivity contribution in [1.82, 2.24) is 0 Å². The Morgan fingerprint density at radius 1 is 0.917 bits per heavy atom. The topological polar surface area (TPSA) is 3.24 Å². The minimum absolute atomic E-state index is 0. The van der Waals surface area contributed by atoms with Crippen LogP contribution >= 0.6 is 0 Å². The first-order chi connectivity index (χ1) is 4.70. The van der Waals surface area contributed by atoms with Crippen molar-refractivity contribution < 1.29 is 0 Å². The number of benzene rings is 1. The molecular weight excluding hydrogens is 146 g/mol. The molecule has 0 unspecified atom stereocenters. The SMILES string of the molecule is C.C.Cc1ccc(N(C)C)cc1. The van der Waals surface area contributed by atoms with Crippen molar-refractivity contribution in [2.24, 2.45) is 0 Å². The minimum atomic E-state index is 0. The number of hydrogen-bond acceptors (Lipinski definition) is 1. The summed E-state index contributed by atoms with van der Waals surface area (Å²) in [4.78, 5) is 2.10. The smallest absolute Gasteiger partial charge is 0.0361 e. The van der Waals surface area contributed by atoms with Crippen LogP contribution in [0, 0.1) is 6.92 Å². The second kappa shape index (κ2) is 5.64. The van der Waals surface area contributed by atoms with E-state index in [1.165, 1.54) is 11.3 Å². The Morgan fingerprint density at radius 3 is 1.67 bits per heavy atom. The molecule has 1 aromatic rings. The van der Waals surface area contributed by atoms with Crippen LogP contribution in [0.15, 0.2) is 24.3 Å². The molecule has 0 fully saturated rings. The number of hydrogen-bond donors (Lipinski definition) is 0. The zero-order valence-corrected chi connectivity index (χ0v) is 6.76. The molecule has 1 nitrogen and oxygen atoms in total. The molecule has 0 spiro atoms. The van der Waals surface area contributed by atoms with Crippen LogP contribution in [0.4, 0.5) is 5.69 Å². The summed E-state index contributed by atoms with van der Waals surface area (Å²) in [7, 11) is 4.09. The van der Waals surface area contributed by atoms with Crippen LogP contribution in [0.2, 0.25) is 0 Å². The third kappa shape index (κ3) is 3.42. The monoisotopic (exact) mass is 167 g/mol. The maximum Gasteiger partial charge on any atom is 0.0361 e. The Balaban J connectivity index is 0. The first-order valence-electron chi connectivity index (χ1n) is 3.44. The maximum absolute atomic E-state index is 2.12. The van der Waals surface area contributed by atoms with Crippen molar-refractivity contribution in [3.8, 4) is 0 Å². The molecule has 0 radical (unpaired) electrons. The van der Waals surface area contributed by atoms with Crippen LogP contribution in [0.25, 0.3) is 0 Å². The van der Waals surface area contributed by atoms with Gasteiger partial charge in [0.1, 0.15) is 0 Å². The molecule has 1 aromatic carbocycles. The molecule has 0 N–H and O–H groups in total. The van der Waals surface area contributed by atoms with Gasteiger partial charge in [0.2, 0.25) is 0 Å². The molecule has 0 aromatic heterocycles. The summed E-state index contributed by atoms with van der Waals surface area (Å²) >= 11 is 0. The molecule has 0 aliphatic carbocycles. The van der Waals surface area contributed by atoms with Gasteiger partial charge in [-0.2, -0.15) is 0 Å². The predicted molar refractivity (Wildman–Crippen MR) is 59.0 cm³/mol. The van der Waals surface area contributed by atoms with Crippen LogP contribution in [0.3, 0.4) is 0 Å². The van der Waals surface area contributed by atoms with Gasteiger partial charge in [0.25, 0.3) is 0 Å². The fraction of sp³-hybridized carbons (Fsp3) is 0.455. The van der Waals surface area contributed by atoms with E-state index in [-0.39, 0.29) is 14.9 Å². The maximum atomic E-state index is 2.12. The summed E-state index contributed by atoms with van der Waals surface area (Å²) < 4.78 is 0. The summed E-state index contributed by atoms with van der Waals surface area (Å²) in [5.41, 5.74) is 2.57. The highest BCUT2D eigenvalue weighted by Gasteiger charge is 1.90. The molecule has 12 heavy (non-hydrogen) atoms. The van der Waals surface area contributed by atoms with Crippen LogP contribution in [0.1, 0.15) is 20.4 Å². The van der Waals surface area contributed by atoms with Gasteiger partial charge in [-0.15, -0.1) is 0 Å². The van der Waals surface area contributed by atoms with Crippen LogP contribution in [0.5, 0.6) is 0 Å². The Labute approximate surface area is 77.0 Å². The Kier molecular flexibility index (Phi) is 6.39. The summed E-state index contributed by atoms with van der Waals surface area (Å²) in [6.07, 6.45) is 0. The summed E-state index contributed by atoms with van der Waals surface area (Å²) in [6, 6.07) is 8.48. The fourth-order valence-electron chi connectivity index (χ4n) is 0.843. The molecule has 1 heteroatoms. The lowest BCUT2D eigenvalue weighted by Crippen LogP contribution is -2.07. The summed E-state index contributed by atoms with van der Waals surface area (Å²) in [5, 5.41) is 0. The highest BCUT2D eigenvalue weighted by molar-refractivity contribution is 5.45. The summed E-state index contributed by atoms with van der Waals surface area (Å²) in [6.45, 7) is 2.10. The zero-order chi connectivity index (χ0) is 7.56. The Morgan fingerprint density at radius 2 is 1.33 bits per heavy atom. The zero-order valence-electron chi connectivity index (χ0n) is 6.76. The van der Waals surface area contributed by atoms with Crippen molar-refractivity contribution >= 4 is 5.69 Å². The lowest BCUT2D eigenvalue weighted by atomic mass is 10.2. The lowest BCUT2D eigenvalue weighted by Gasteiger charge is -2.11. The number of nitrogens with zero attached hydrogens (tertiary/aromatic N) is 1. The highest BCUT2D eigenvalue weighted by atomic mass is 15.1. The molecule has 0 aliphatic heterocycles. The lowest BCUT2D eigenvalue weighted by molar-refractivity contribution is 1.13. The van der Waals surface area contributed by atoms with Crippen molar-refractivity contribution in [1.29, 1.82) is 0 Å². The Hall–Kier alpha value is -0.980. The van der Waals surface area contributed by atoms with Gasteiger partial charge in [-0.1, -0.05) is 32.5 Å². The molecule has 0 aliphatic rings. The molecule has 0 saturated carbocycles. The standard InChI is InChI=1S/C9H13N.2CH4/c1-8-4-6-9(7-5-8)10(2)3;;/h4-7H,1-3H3;2*1H4. The van der Waals surface area contributed by atoms with E-state index in [1.807, 2.05) is 14.1 Å². The van der Waals surface area contributed by atoms with E-state index in [0.717, 1.165) is 0 Å². The van der Waals surface area contributed by atoms with Gasteiger partial charge < -0.3 is 4.90 Å².